The number of nitrogens with one attached hydrogen (secondary N) is 1. The maximum absolute atomic E-state index is 12.5. The number of hydrogen-bond donors (Lipinski definition) is 1. The van der Waals surface area contributed by atoms with E-state index >= 15 is 0 Å². The minimum atomic E-state index is -0.566. The van der Waals surface area contributed by atoms with Gasteiger partial charge in [-0.05, 0) is 51.1 Å². The smallest absolute Gasteiger partial charge is 0.410 e. The predicted molar refractivity (Wildman–Crippen MR) is 123 cm³/mol. The summed E-state index contributed by atoms with van der Waals surface area (Å²) in [6.07, 6.45) is 2.07. The van der Waals surface area contributed by atoms with Gasteiger partial charge in [-0.25, -0.2) is 4.79 Å². The van der Waals surface area contributed by atoms with Crippen LogP contribution in [0.2, 0.25) is 0 Å². The Morgan fingerprint density at radius 1 is 1.22 bits per heavy atom. The molecule has 1 N–H and O–H groups in total. The number of thioether (sulfide) groups is 1. The molecule has 9 nitrogen and oxygen atoms in total. The molecule has 10 heteroatoms. The molecule has 2 aliphatic heterocycles. The summed E-state index contributed by atoms with van der Waals surface area (Å²) in [5, 5.41) is 1.87. The zero-order valence-corrected chi connectivity index (χ0v) is 20.0. The summed E-state index contributed by atoms with van der Waals surface area (Å²) in [6.45, 7) is 6.79. The van der Waals surface area contributed by atoms with Crippen molar-refractivity contribution in [3.8, 4) is 11.5 Å². The van der Waals surface area contributed by atoms with E-state index in [1.165, 1.54) is 7.11 Å². The number of anilines is 1. The van der Waals surface area contributed by atoms with Gasteiger partial charge < -0.3 is 24.0 Å². The van der Waals surface area contributed by atoms with Gasteiger partial charge in [-0.2, -0.15) is 0 Å². The lowest BCUT2D eigenvalue weighted by Crippen LogP contribution is -2.42. The minimum absolute atomic E-state index is 0.0378. The normalized spacial score (nSPS) is 19.9. The molecule has 0 aromatic heterocycles. The summed E-state index contributed by atoms with van der Waals surface area (Å²) < 4.78 is 16.4. The van der Waals surface area contributed by atoms with Crippen molar-refractivity contribution in [1.29, 1.82) is 0 Å². The van der Waals surface area contributed by atoms with Gasteiger partial charge in [0, 0.05) is 37.5 Å². The molecule has 0 radical (unpaired) electrons. The Hall–Kier alpha value is -2.88. The lowest BCUT2D eigenvalue weighted by atomic mass is 10.1. The van der Waals surface area contributed by atoms with Crippen LogP contribution in [-0.2, 0) is 9.53 Å². The first-order valence-corrected chi connectivity index (χ1v) is 11.1. The van der Waals surface area contributed by atoms with Crippen LogP contribution in [0.15, 0.2) is 17.0 Å². The summed E-state index contributed by atoms with van der Waals surface area (Å²) >= 11 is 0.859. The predicted octanol–water partition coefficient (Wildman–Crippen LogP) is 3.47. The number of amides is 3. The second-order valence-electron chi connectivity index (χ2n) is 8.60. The highest BCUT2D eigenvalue weighted by Gasteiger charge is 2.33. The van der Waals surface area contributed by atoms with Crippen molar-refractivity contribution in [2.24, 2.45) is 0 Å². The van der Waals surface area contributed by atoms with Crippen LogP contribution in [0.5, 0.6) is 11.5 Å². The fraction of sp³-hybridized carbons (Fsp3) is 0.500. The maximum Gasteiger partial charge on any atom is 0.410 e. The standard InChI is InChI=1S/C22H29N3O6S/c1-22(2,3)31-21(28)24(4)14-7-8-25(12-14)15-11-17(30-6)16(29-5)9-13(15)10-18-19(26)23-20(27)32-18/h9-11,14H,7-8,12H2,1-6H3,(H,23,26,27). The average molecular weight is 464 g/mol. The lowest BCUT2D eigenvalue weighted by Gasteiger charge is -2.29. The molecule has 1 unspecified atom stereocenters. The highest BCUT2D eigenvalue weighted by Crippen LogP contribution is 2.39. The molecule has 0 aliphatic carbocycles. The molecule has 3 rings (SSSR count). The third kappa shape index (κ3) is 5.29. The quantitative estimate of drug-likeness (QED) is 0.663. The average Bonchev–Trinajstić information content (AvgIpc) is 3.32. The molecule has 1 aromatic carbocycles. The van der Waals surface area contributed by atoms with Crippen molar-refractivity contribution >= 4 is 40.8 Å². The summed E-state index contributed by atoms with van der Waals surface area (Å²) in [4.78, 5) is 40.2. The molecule has 0 spiro atoms. The summed E-state index contributed by atoms with van der Waals surface area (Å²) in [5.74, 6) is 0.636. The Morgan fingerprint density at radius 2 is 1.88 bits per heavy atom. The Balaban J connectivity index is 1.90. The van der Waals surface area contributed by atoms with E-state index < -0.39 is 16.7 Å². The Bertz CT molecular complexity index is 956. The van der Waals surface area contributed by atoms with Gasteiger partial charge in [0.05, 0.1) is 25.2 Å². The first kappa shape index (κ1) is 23.8. The fourth-order valence-corrected chi connectivity index (χ4v) is 4.27. The topological polar surface area (TPSA) is 97.4 Å². The SMILES string of the molecule is COc1cc(C=C2SC(=O)NC2=O)c(N2CCC(N(C)C(=O)OC(C)(C)C)C2)cc1OC. The maximum atomic E-state index is 12.5. The zero-order valence-electron chi connectivity index (χ0n) is 19.2. The third-order valence-corrected chi connectivity index (χ3v) is 6.01. The van der Waals surface area contributed by atoms with E-state index in [1.807, 2.05) is 26.8 Å². The number of nitrogens with zero attached hydrogens (tertiary/aromatic N) is 2. The van der Waals surface area contributed by atoms with Crippen LogP contribution >= 0.6 is 11.8 Å². The third-order valence-electron chi connectivity index (χ3n) is 5.19. The number of ether oxygens (including phenoxy) is 3. The van der Waals surface area contributed by atoms with Crippen LogP contribution < -0.4 is 19.7 Å². The van der Waals surface area contributed by atoms with Gasteiger partial charge in [0.15, 0.2) is 11.5 Å². The molecule has 0 saturated carbocycles. The van der Waals surface area contributed by atoms with Gasteiger partial charge >= 0.3 is 6.09 Å². The van der Waals surface area contributed by atoms with E-state index in [-0.39, 0.29) is 12.1 Å². The molecule has 174 valence electrons. The number of benzene rings is 1. The van der Waals surface area contributed by atoms with Gasteiger partial charge in [-0.1, -0.05) is 0 Å². The van der Waals surface area contributed by atoms with E-state index in [1.54, 1.807) is 31.2 Å². The largest absolute Gasteiger partial charge is 0.493 e. The van der Waals surface area contributed by atoms with E-state index in [2.05, 4.69) is 10.2 Å². The van der Waals surface area contributed by atoms with Crippen LogP contribution in [-0.4, -0.2) is 68.1 Å². The second-order valence-corrected chi connectivity index (χ2v) is 9.61. The van der Waals surface area contributed by atoms with Gasteiger partial charge in [0.1, 0.15) is 5.60 Å². The number of methoxy groups -OCH3 is 2. The molecule has 2 heterocycles. The monoisotopic (exact) mass is 463 g/mol. The van der Waals surface area contributed by atoms with Crippen molar-refractivity contribution in [3.05, 3.63) is 22.6 Å². The Morgan fingerprint density at radius 3 is 2.44 bits per heavy atom. The first-order chi connectivity index (χ1) is 15.0. The van der Waals surface area contributed by atoms with Crippen molar-refractivity contribution in [1.82, 2.24) is 10.2 Å². The minimum Gasteiger partial charge on any atom is -0.493 e. The van der Waals surface area contributed by atoms with Crippen LogP contribution in [0.4, 0.5) is 15.3 Å². The molecule has 3 amide bonds. The van der Waals surface area contributed by atoms with Crippen LogP contribution in [0.3, 0.4) is 0 Å². The van der Waals surface area contributed by atoms with Crippen molar-refractivity contribution in [2.75, 3.05) is 39.3 Å². The Labute approximate surface area is 192 Å². The van der Waals surface area contributed by atoms with Gasteiger partial charge in [-0.3, -0.25) is 14.9 Å². The highest BCUT2D eigenvalue weighted by atomic mass is 32.2. The van der Waals surface area contributed by atoms with Gasteiger partial charge in [0.2, 0.25) is 0 Å². The van der Waals surface area contributed by atoms with E-state index in [4.69, 9.17) is 14.2 Å². The summed E-state index contributed by atoms with van der Waals surface area (Å²) in [5.41, 5.74) is 0.974. The highest BCUT2D eigenvalue weighted by molar-refractivity contribution is 8.18. The molecule has 32 heavy (non-hydrogen) atoms. The number of imide groups is 1. The molecule has 0 bridgehead atoms. The van der Waals surface area contributed by atoms with E-state index in [0.29, 0.717) is 29.5 Å². The van der Waals surface area contributed by atoms with Crippen LogP contribution in [0.25, 0.3) is 6.08 Å². The molecule has 1 atom stereocenters. The number of likely N-dealkylation sites (N-methyl/N-ethyl adjacent to an activating group) is 1. The van der Waals surface area contributed by atoms with Crippen molar-refractivity contribution in [2.45, 2.75) is 38.8 Å². The molecule has 2 saturated heterocycles. The van der Waals surface area contributed by atoms with E-state index in [0.717, 1.165) is 29.4 Å². The number of rotatable bonds is 5. The van der Waals surface area contributed by atoms with Crippen molar-refractivity contribution in [3.63, 3.8) is 0 Å². The number of carbonyl (C=O) groups is 3. The summed E-state index contributed by atoms with van der Waals surface area (Å²) in [7, 11) is 4.84. The van der Waals surface area contributed by atoms with Crippen molar-refractivity contribution < 1.29 is 28.6 Å². The second kappa shape index (κ2) is 9.32. The van der Waals surface area contributed by atoms with E-state index in [9.17, 15) is 14.4 Å². The molecular weight excluding hydrogens is 434 g/mol. The lowest BCUT2D eigenvalue weighted by molar-refractivity contribution is -0.115. The molecule has 2 aliphatic rings. The van der Waals surface area contributed by atoms with Gasteiger partial charge in [-0.15, -0.1) is 0 Å². The van der Waals surface area contributed by atoms with Gasteiger partial charge in [0.25, 0.3) is 11.1 Å². The zero-order chi connectivity index (χ0) is 23.6. The number of hydrogen-bond acceptors (Lipinski definition) is 8. The Kier molecular flexibility index (Phi) is 6.92. The fourth-order valence-electron chi connectivity index (χ4n) is 3.60. The molecule has 1 aromatic rings. The molecule has 2 fully saturated rings. The molecular formula is C22H29N3O6S. The van der Waals surface area contributed by atoms with Crippen LogP contribution in [0.1, 0.15) is 32.8 Å². The van der Waals surface area contributed by atoms with Crippen LogP contribution in [0, 0.1) is 0 Å². The first-order valence-electron chi connectivity index (χ1n) is 10.2. The summed E-state index contributed by atoms with van der Waals surface area (Å²) in [6, 6.07) is 3.59. The number of carbonyl (C=O) groups excluding carboxylic acids is 3.